The fraction of sp³-hybridized carbons (Fsp3) is 0.154. The number of aliphatic hydroxyl groups excluding tert-OH is 2. The van der Waals surface area contributed by atoms with Gasteiger partial charge in [0.05, 0.1) is 17.9 Å². The summed E-state index contributed by atoms with van der Waals surface area (Å²) >= 11 is 2.66. The Kier molecular flexibility index (Phi) is 8.73. The number of benzene rings is 2. The largest absolute Gasteiger partial charge is 0.491 e. The van der Waals surface area contributed by atoms with E-state index in [1.807, 2.05) is 11.4 Å². The monoisotopic (exact) mass is 548 g/mol. The number of nitrogens with two attached hydrogens (primary N) is 1. The van der Waals surface area contributed by atoms with Crippen molar-refractivity contribution < 1.29 is 19.3 Å². The molecule has 192 valence electrons. The molecular weight excluding hydrogens is 527 g/mol. The van der Waals surface area contributed by atoms with Crippen LogP contribution in [0.15, 0.2) is 58.9 Å². The Balaban J connectivity index is 1.55. The molecule has 0 unspecified atom stereocenters. The molecule has 1 atom stereocenters. The second-order valence-corrected chi connectivity index (χ2v) is 9.71. The number of nitrogens with one attached hydrogen (secondary N) is 1. The average Bonchev–Trinajstić information content (AvgIpc) is 3.38. The summed E-state index contributed by atoms with van der Waals surface area (Å²) < 4.78 is 18.6. The fourth-order valence-corrected chi connectivity index (χ4v) is 5.11. The van der Waals surface area contributed by atoms with E-state index in [0.29, 0.717) is 38.5 Å². The van der Waals surface area contributed by atoms with Crippen LogP contribution < -0.4 is 15.8 Å². The van der Waals surface area contributed by atoms with Crippen LogP contribution in [-0.2, 0) is 5.75 Å². The first-order valence-electron chi connectivity index (χ1n) is 11.2. The average molecular weight is 549 g/mol. The number of halogens is 1. The highest BCUT2D eigenvalue weighted by atomic mass is 32.2. The second kappa shape index (κ2) is 12.4. The Morgan fingerprint density at radius 3 is 2.45 bits per heavy atom. The number of ether oxygens (including phenoxy) is 1. The fourth-order valence-electron chi connectivity index (χ4n) is 3.38. The summed E-state index contributed by atoms with van der Waals surface area (Å²) in [4.78, 5) is 8.85. The van der Waals surface area contributed by atoms with Gasteiger partial charge in [0.1, 0.15) is 52.8 Å². The van der Waals surface area contributed by atoms with Crippen molar-refractivity contribution in [1.82, 2.24) is 9.97 Å². The van der Waals surface area contributed by atoms with Crippen molar-refractivity contribution in [3.63, 3.8) is 0 Å². The summed E-state index contributed by atoms with van der Waals surface area (Å²) in [5.74, 6) is 0.528. The molecule has 0 aliphatic carbocycles. The molecule has 0 saturated heterocycles. The predicted octanol–water partition coefficient (Wildman–Crippen LogP) is 4.44. The number of thiazole rings is 1. The number of pyridine rings is 1. The van der Waals surface area contributed by atoms with Crippen molar-refractivity contribution in [3.05, 3.63) is 76.5 Å². The Morgan fingerprint density at radius 2 is 1.79 bits per heavy atom. The molecule has 0 aliphatic heterocycles. The molecule has 0 saturated carbocycles. The Hall–Kier alpha value is -4.20. The highest BCUT2D eigenvalue weighted by Crippen LogP contribution is 2.37. The minimum Gasteiger partial charge on any atom is -0.491 e. The van der Waals surface area contributed by atoms with Gasteiger partial charge in [0.2, 0.25) is 0 Å². The number of anilines is 3. The number of nitrogen functional groups attached to an aromatic ring is 1. The topological polar surface area (TPSA) is 161 Å². The molecule has 0 aliphatic rings. The van der Waals surface area contributed by atoms with Crippen LogP contribution in [0, 0.1) is 28.5 Å². The first-order chi connectivity index (χ1) is 18.4. The maximum absolute atomic E-state index is 13.1. The lowest BCUT2D eigenvalue weighted by Crippen LogP contribution is -2.21. The van der Waals surface area contributed by atoms with E-state index in [9.17, 15) is 20.0 Å². The van der Waals surface area contributed by atoms with Crippen LogP contribution in [-0.4, -0.2) is 39.5 Å². The summed E-state index contributed by atoms with van der Waals surface area (Å²) in [5, 5.41) is 44.1. The quantitative estimate of drug-likeness (QED) is 0.209. The zero-order valence-electron chi connectivity index (χ0n) is 19.8. The third-order valence-corrected chi connectivity index (χ3v) is 7.03. The van der Waals surface area contributed by atoms with Gasteiger partial charge in [-0.2, -0.15) is 10.5 Å². The van der Waals surface area contributed by atoms with Gasteiger partial charge in [-0.3, -0.25) is 0 Å². The number of rotatable bonds is 10. The molecule has 0 radical (unpaired) electrons. The van der Waals surface area contributed by atoms with Crippen LogP contribution in [0.3, 0.4) is 0 Å². The van der Waals surface area contributed by atoms with Crippen molar-refractivity contribution in [2.75, 3.05) is 24.3 Å². The molecule has 2 aromatic carbocycles. The Morgan fingerprint density at radius 1 is 1.08 bits per heavy atom. The Labute approximate surface area is 226 Å². The maximum atomic E-state index is 13.1. The minimum absolute atomic E-state index is 0.00679. The summed E-state index contributed by atoms with van der Waals surface area (Å²) in [6, 6.07) is 16.8. The summed E-state index contributed by atoms with van der Waals surface area (Å²) in [6.45, 7) is -0.498. The van der Waals surface area contributed by atoms with Gasteiger partial charge < -0.3 is 26.0 Å². The van der Waals surface area contributed by atoms with Crippen molar-refractivity contribution >= 4 is 39.7 Å². The van der Waals surface area contributed by atoms with Gasteiger partial charge >= 0.3 is 0 Å². The molecule has 2 aromatic heterocycles. The number of aromatic nitrogens is 2. The highest BCUT2D eigenvalue weighted by Gasteiger charge is 2.21. The van der Waals surface area contributed by atoms with E-state index in [4.69, 9.17) is 15.6 Å². The van der Waals surface area contributed by atoms with Gasteiger partial charge in [-0.25, -0.2) is 14.4 Å². The van der Waals surface area contributed by atoms with E-state index in [0.717, 1.165) is 5.69 Å². The third kappa shape index (κ3) is 6.37. The molecule has 4 aromatic rings. The molecular formula is C26H21FN6O3S2. The van der Waals surface area contributed by atoms with Crippen LogP contribution in [0.5, 0.6) is 5.75 Å². The molecule has 2 heterocycles. The van der Waals surface area contributed by atoms with Crippen molar-refractivity contribution in [2.45, 2.75) is 16.9 Å². The molecule has 5 N–H and O–H groups in total. The van der Waals surface area contributed by atoms with Crippen molar-refractivity contribution in [2.24, 2.45) is 0 Å². The molecule has 9 nitrogen and oxygen atoms in total. The molecule has 4 rings (SSSR count). The van der Waals surface area contributed by atoms with Crippen LogP contribution in [0.2, 0.25) is 0 Å². The number of nitriles is 2. The molecule has 0 amide bonds. The van der Waals surface area contributed by atoms with E-state index in [2.05, 4.69) is 21.4 Å². The molecule has 0 spiro atoms. The van der Waals surface area contributed by atoms with Gasteiger partial charge in [-0.1, -0.05) is 23.9 Å². The number of nitrogens with zero attached hydrogens (tertiary/aromatic N) is 4. The number of hydrogen-bond donors (Lipinski definition) is 4. The number of aliphatic hydroxyl groups is 2. The minimum atomic E-state index is -1.00. The lowest BCUT2D eigenvalue weighted by atomic mass is 9.97. The van der Waals surface area contributed by atoms with E-state index >= 15 is 0 Å². The zero-order chi connectivity index (χ0) is 27.1. The van der Waals surface area contributed by atoms with Crippen molar-refractivity contribution in [3.8, 4) is 29.0 Å². The summed E-state index contributed by atoms with van der Waals surface area (Å²) in [5.41, 5.74) is 8.80. The highest BCUT2D eigenvalue weighted by molar-refractivity contribution is 7.98. The van der Waals surface area contributed by atoms with Crippen molar-refractivity contribution in [1.29, 1.82) is 10.5 Å². The first kappa shape index (κ1) is 26.9. The summed E-state index contributed by atoms with van der Waals surface area (Å²) in [7, 11) is 0. The van der Waals surface area contributed by atoms with E-state index in [-0.39, 0.29) is 29.4 Å². The Bertz CT molecular complexity index is 1500. The maximum Gasteiger partial charge on any atom is 0.187 e. The van der Waals surface area contributed by atoms with Gasteiger partial charge in [0.25, 0.3) is 0 Å². The summed E-state index contributed by atoms with van der Waals surface area (Å²) in [6.07, 6.45) is -1.00. The SMILES string of the molecule is N#Cc1c(N)nc(SCc2csc(Nc3ccc(F)cc3)n2)c(C#N)c1-c1ccc(OC[C@H](O)CO)cc1. The van der Waals surface area contributed by atoms with Crippen LogP contribution in [0.25, 0.3) is 11.1 Å². The lowest BCUT2D eigenvalue weighted by molar-refractivity contribution is 0.0536. The number of thioether (sulfide) groups is 1. The third-order valence-electron chi connectivity index (χ3n) is 5.22. The van der Waals surface area contributed by atoms with Crippen LogP contribution in [0.1, 0.15) is 16.8 Å². The van der Waals surface area contributed by atoms with Gasteiger partial charge in [-0.15, -0.1) is 11.3 Å². The molecule has 0 bridgehead atoms. The van der Waals surface area contributed by atoms with Gasteiger partial charge in [0.15, 0.2) is 5.13 Å². The smallest absolute Gasteiger partial charge is 0.187 e. The molecule has 12 heteroatoms. The molecule has 38 heavy (non-hydrogen) atoms. The lowest BCUT2D eigenvalue weighted by Gasteiger charge is -2.14. The second-order valence-electron chi connectivity index (χ2n) is 7.89. The zero-order valence-corrected chi connectivity index (χ0v) is 21.4. The normalized spacial score (nSPS) is 11.4. The van der Waals surface area contributed by atoms with E-state index in [1.165, 1.54) is 35.2 Å². The van der Waals surface area contributed by atoms with E-state index < -0.39 is 12.7 Å². The standard InChI is InChI=1S/C26H21FN6O3S2/c27-16-3-5-17(6-4-16)31-26-32-18(14-38-26)13-37-25-22(10-29)23(21(9-28)24(30)33-25)15-1-7-20(8-2-15)36-12-19(35)11-34/h1-8,14,19,34-35H,11-13H2,(H2,30,33)(H,31,32)/t19-/m1/s1. The van der Waals surface area contributed by atoms with E-state index in [1.54, 1.807) is 36.4 Å². The van der Waals surface area contributed by atoms with Crippen LogP contribution >= 0.6 is 23.1 Å². The predicted molar refractivity (Wildman–Crippen MR) is 143 cm³/mol. The number of hydrogen-bond acceptors (Lipinski definition) is 11. The molecule has 0 fully saturated rings. The van der Waals surface area contributed by atoms with Gasteiger partial charge in [0, 0.05) is 22.4 Å². The first-order valence-corrected chi connectivity index (χ1v) is 13.0. The van der Waals surface area contributed by atoms with Gasteiger partial charge in [-0.05, 0) is 42.0 Å². The van der Waals surface area contributed by atoms with Crippen LogP contribution in [0.4, 0.5) is 21.0 Å².